The average Bonchev–Trinajstić information content (AvgIpc) is 3.35. The van der Waals surface area contributed by atoms with Crippen molar-refractivity contribution in [3.05, 3.63) is 93.1 Å². The van der Waals surface area contributed by atoms with Gasteiger partial charge in [0.05, 0.1) is 0 Å². The van der Waals surface area contributed by atoms with Gasteiger partial charge in [0, 0.05) is 0 Å². The van der Waals surface area contributed by atoms with Crippen molar-refractivity contribution in [1.29, 1.82) is 0 Å². The van der Waals surface area contributed by atoms with Crippen LogP contribution in [0.25, 0.3) is 0 Å². The molecule has 0 unspecified atom stereocenters. The van der Waals surface area contributed by atoms with Gasteiger partial charge in [0.2, 0.25) is 0 Å². The van der Waals surface area contributed by atoms with Gasteiger partial charge >= 0.3 is 234 Å². The molecule has 2 aromatic rings. The van der Waals surface area contributed by atoms with E-state index in [0.717, 1.165) is 17.8 Å². The van der Waals surface area contributed by atoms with Crippen LogP contribution in [0.2, 0.25) is 0 Å². The molecule has 37 heavy (non-hydrogen) atoms. The summed E-state index contributed by atoms with van der Waals surface area (Å²) in [5.41, 5.74) is 10.5. The maximum atomic E-state index is 5.26. The van der Waals surface area contributed by atoms with Crippen molar-refractivity contribution in [1.82, 2.24) is 0 Å². The molecule has 0 bridgehead atoms. The van der Waals surface area contributed by atoms with E-state index in [1.165, 1.54) is 33.6 Å². The van der Waals surface area contributed by atoms with Gasteiger partial charge in [-0.05, 0) is 0 Å². The van der Waals surface area contributed by atoms with Gasteiger partial charge in [-0.15, -0.1) is 0 Å². The molecule has 0 saturated heterocycles. The van der Waals surface area contributed by atoms with Crippen molar-refractivity contribution in [2.24, 2.45) is 4.99 Å². The quantitative estimate of drug-likeness (QED) is 0.210. The molecule has 196 valence electrons. The molecule has 1 aliphatic rings. The Kier molecular flexibility index (Phi) is 10.2. The Morgan fingerprint density at radius 3 is 1.70 bits per heavy atom. The van der Waals surface area contributed by atoms with E-state index >= 15 is 0 Å². The number of benzene rings is 2. The number of hydrogen-bond donors (Lipinski definition) is 0. The molecule has 2 radical (unpaired) electrons. The molecular weight excluding hydrogens is 509 g/mol. The van der Waals surface area contributed by atoms with Gasteiger partial charge in [-0.25, -0.2) is 0 Å². The third-order valence-electron chi connectivity index (χ3n) is 6.99. The Morgan fingerprint density at radius 1 is 0.784 bits per heavy atom. The summed E-state index contributed by atoms with van der Waals surface area (Å²) >= 11 is -0.538. The van der Waals surface area contributed by atoms with E-state index in [4.69, 9.17) is 4.99 Å². The molecule has 2 aromatic carbocycles. The zero-order chi connectivity index (χ0) is 27.3. The summed E-state index contributed by atoms with van der Waals surface area (Å²) in [6.07, 6.45) is 10.2. The molecule has 0 fully saturated rings. The van der Waals surface area contributed by atoms with Gasteiger partial charge < -0.3 is 0 Å². The van der Waals surface area contributed by atoms with Crippen molar-refractivity contribution in [3.8, 4) is 0 Å². The molecule has 0 saturated carbocycles. The van der Waals surface area contributed by atoms with E-state index in [1.54, 1.807) is 4.41 Å². The second-order valence-corrected chi connectivity index (χ2v) is 14.3. The molecule has 0 aromatic heterocycles. The van der Waals surface area contributed by atoms with Crippen LogP contribution in [-0.4, -0.2) is 21.4 Å². The number of rotatable bonds is 10. The first-order valence-corrected chi connectivity index (χ1v) is 15.9. The monoisotopic (exact) mass is 556 g/mol. The van der Waals surface area contributed by atoms with E-state index in [1.807, 2.05) is 0 Å². The van der Waals surface area contributed by atoms with Crippen LogP contribution >= 0.6 is 0 Å². The van der Waals surface area contributed by atoms with Crippen LogP contribution in [0.5, 0.6) is 0 Å². The Morgan fingerprint density at radius 2 is 1.27 bits per heavy atom. The van der Waals surface area contributed by atoms with Crippen LogP contribution in [0, 0.1) is 0 Å². The average molecular weight is 555 g/mol. The predicted octanol–water partition coefficient (Wildman–Crippen LogP) is 10.1. The van der Waals surface area contributed by atoms with Crippen LogP contribution in [0.4, 0.5) is 11.4 Å². The Bertz CT molecular complexity index is 1160. The van der Waals surface area contributed by atoms with Crippen LogP contribution in [0.1, 0.15) is 122 Å². The molecule has 3 rings (SSSR count). The molecule has 0 atom stereocenters. The number of anilines is 1. The number of aliphatic imine (C=N–C) groups is 1. The van der Waals surface area contributed by atoms with Crippen molar-refractivity contribution in [2.75, 3.05) is 3.86 Å². The first-order chi connectivity index (χ1) is 17.5. The van der Waals surface area contributed by atoms with E-state index in [0.29, 0.717) is 23.7 Å². The molecule has 0 spiro atoms. The Hall–Kier alpha value is -2.33. The standard InChI is InChI=1S/C34H46GeN2/c1-22(2)29-17-13-18-30(23(3)4)33(29)36-26(9)21-27(10)37(35-28-15-11-12-16-28)34-31(24(5)6)19-14-20-32(34)25(7)8/h11-15,17-25H,16H2,1-10H3/b27-21-,36-26?. The summed E-state index contributed by atoms with van der Waals surface area (Å²) in [7, 11) is 0. The van der Waals surface area contributed by atoms with Gasteiger partial charge in [-0.3, -0.25) is 0 Å². The van der Waals surface area contributed by atoms with Crippen LogP contribution < -0.4 is 3.86 Å². The zero-order valence-electron chi connectivity index (χ0n) is 24.7. The van der Waals surface area contributed by atoms with Gasteiger partial charge in [0.25, 0.3) is 0 Å². The maximum absolute atomic E-state index is 5.26. The van der Waals surface area contributed by atoms with Crippen LogP contribution in [0.15, 0.2) is 75.8 Å². The number of hydrogen-bond acceptors (Lipinski definition) is 2. The molecule has 0 amide bonds. The number of para-hydroxylation sites is 2. The van der Waals surface area contributed by atoms with Crippen molar-refractivity contribution in [3.63, 3.8) is 0 Å². The molecule has 3 heteroatoms. The van der Waals surface area contributed by atoms with Crippen molar-refractivity contribution < 1.29 is 0 Å². The third-order valence-corrected chi connectivity index (χ3v) is 10.1. The topological polar surface area (TPSA) is 15.6 Å². The Labute approximate surface area is 233 Å². The number of allylic oxidation sites excluding steroid dienone is 6. The first kappa shape index (κ1) is 29.2. The Balaban J connectivity index is 2.16. The van der Waals surface area contributed by atoms with Gasteiger partial charge in [0.1, 0.15) is 0 Å². The molecule has 0 N–H and O–H groups in total. The second kappa shape index (κ2) is 13.0. The number of nitrogens with zero attached hydrogens (tertiary/aromatic N) is 2. The molecule has 2 nitrogen and oxygen atoms in total. The van der Waals surface area contributed by atoms with Gasteiger partial charge in [-0.1, -0.05) is 0 Å². The third kappa shape index (κ3) is 7.16. The fourth-order valence-electron chi connectivity index (χ4n) is 4.98. The normalized spacial score (nSPS) is 14.5. The summed E-state index contributed by atoms with van der Waals surface area (Å²) in [6.45, 7) is 22.8. The fraction of sp³-hybridized carbons (Fsp3) is 0.441. The SMILES string of the molecule is CC(/C=C(/C)[N]([Ge][C]1=CC=CC1)c1c(C(C)C)cccc1C(C)C)=Nc1c(C(C)C)cccc1C(C)C. The summed E-state index contributed by atoms with van der Waals surface area (Å²) in [4.78, 5) is 5.26. The van der Waals surface area contributed by atoms with Crippen LogP contribution in [-0.2, 0) is 0 Å². The van der Waals surface area contributed by atoms with Gasteiger partial charge in [0.15, 0.2) is 0 Å². The summed E-state index contributed by atoms with van der Waals surface area (Å²) in [5, 5.41) is 0. The van der Waals surface area contributed by atoms with Crippen molar-refractivity contribution in [2.45, 2.75) is 99.3 Å². The summed E-state index contributed by atoms with van der Waals surface area (Å²) in [5.74, 6) is 1.80. The zero-order valence-corrected chi connectivity index (χ0v) is 26.8. The summed E-state index contributed by atoms with van der Waals surface area (Å²) in [6, 6.07) is 13.6. The molecule has 0 aliphatic heterocycles. The predicted molar refractivity (Wildman–Crippen MR) is 166 cm³/mol. The first-order valence-electron chi connectivity index (χ1n) is 13.9. The second-order valence-electron chi connectivity index (χ2n) is 11.5. The summed E-state index contributed by atoms with van der Waals surface area (Å²) < 4.78 is 4.24. The molecule has 0 heterocycles. The van der Waals surface area contributed by atoms with Crippen LogP contribution in [0.3, 0.4) is 0 Å². The molecular formula is C34H46GeN2. The van der Waals surface area contributed by atoms with Gasteiger partial charge in [-0.2, -0.15) is 0 Å². The molecule has 1 aliphatic carbocycles. The van der Waals surface area contributed by atoms with E-state index in [9.17, 15) is 0 Å². The minimum absolute atomic E-state index is 0.437. The fourth-order valence-corrected chi connectivity index (χ4v) is 7.66. The van der Waals surface area contributed by atoms with E-state index in [2.05, 4.69) is 134 Å². The minimum atomic E-state index is -0.538. The van der Waals surface area contributed by atoms with E-state index < -0.39 is 15.7 Å². The van der Waals surface area contributed by atoms with Crippen molar-refractivity contribution >= 4 is 32.7 Å². The van der Waals surface area contributed by atoms with E-state index in [-0.39, 0.29) is 0 Å².